The van der Waals surface area contributed by atoms with Crippen LogP contribution in [0.25, 0.3) is 11.3 Å². The maximum absolute atomic E-state index is 6.18. The molecule has 0 aliphatic rings. The van der Waals surface area contributed by atoms with E-state index in [1.807, 2.05) is 19.9 Å². The van der Waals surface area contributed by atoms with Gasteiger partial charge in [-0.3, -0.25) is 4.98 Å². The van der Waals surface area contributed by atoms with Crippen molar-refractivity contribution in [3.05, 3.63) is 50.6 Å². The second-order valence-electron chi connectivity index (χ2n) is 3.85. The number of aromatic nitrogens is 1. The van der Waals surface area contributed by atoms with Gasteiger partial charge in [-0.1, -0.05) is 34.8 Å². The van der Waals surface area contributed by atoms with E-state index < -0.39 is 0 Å². The van der Waals surface area contributed by atoms with E-state index >= 15 is 0 Å². The third-order valence-electron chi connectivity index (χ3n) is 2.74. The van der Waals surface area contributed by atoms with Crippen LogP contribution in [0.5, 0.6) is 0 Å². The fourth-order valence-corrected chi connectivity index (χ4v) is 2.24. The highest BCUT2D eigenvalue weighted by Gasteiger charge is 2.12. The zero-order chi connectivity index (χ0) is 12.6. The number of pyridine rings is 1. The van der Waals surface area contributed by atoms with Crippen LogP contribution in [0.15, 0.2) is 24.4 Å². The van der Waals surface area contributed by atoms with Crippen LogP contribution in [0.3, 0.4) is 0 Å². The van der Waals surface area contributed by atoms with Gasteiger partial charge in [0.05, 0.1) is 20.8 Å². The molecule has 0 unspecified atom stereocenters. The maximum Gasteiger partial charge on any atom is 0.0749 e. The first kappa shape index (κ1) is 12.7. The van der Waals surface area contributed by atoms with Gasteiger partial charge in [0.15, 0.2) is 0 Å². The molecule has 88 valence electrons. The Hall–Kier alpha value is -0.760. The number of hydrogen-bond acceptors (Lipinski definition) is 1. The highest BCUT2D eigenvalue weighted by Crippen LogP contribution is 2.35. The van der Waals surface area contributed by atoms with Crippen LogP contribution in [-0.4, -0.2) is 4.98 Å². The van der Waals surface area contributed by atoms with E-state index in [2.05, 4.69) is 4.98 Å². The van der Waals surface area contributed by atoms with Crippen molar-refractivity contribution >= 4 is 34.8 Å². The summed E-state index contributed by atoms with van der Waals surface area (Å²) in [5.41, 5.74) is 3.90. The Kier molecular flexibility index (Phi) is 3.62. The number of nitrogens with zero attached hydrogens (tertiary/aromatic N) is 1. The molecule has 0 aliphatic carbocycles. The van der Waals surface area contributed by atoms with Gasteiger partial charge in [0.2, 0.25) is 0 Å². The minimum Gasteiger partial charge on any atom is -0.256 e. The van der Waals surface area contributed by atoms with E-state index in [1.54, 1.807) is 18.3 Å². The van der Waals surface area contributed by atoms with E-state index in [4.69, 9.17) is 34.8 Å². The number of benzene rings is 1. The molecule has 0 fully saturated rings. The molecule has 0 N–H and O–H groups in total. The summed E-state index contributed by atoms with van der Waals surface area (Å²) in [7, 11) is 0. The number of halogens is 3. The van der Waals surface area contributed by atoms with Crippen LogP contribution in [0.1, 0.15) is 11.1 Å². The van der Waals surface area contributed by atoms with Crippen LogP contribution in [0, 0.1) is 13.8 Å². The summed E-state index contributed by atoms with van der Waals surface area (Å²) in [6.45, 7) is 4.04. The number of aryl methyl sites for hydroxylation is 1. The maximum atomic E-state index is 6.18. The van der Waals surface area contributed by atoms with E-state index in [-0.39, 0.29) is 0 Å². The molecule has 2 aromatic rings. The van der Waals surface area contributed by atoms with Crippen molar-refractivity contribution in [3.8, 4) is 11.3 Å². The Morgan fingerprint density at radius 1 is 0.941 bits per heavy atom. The minimum absolute atomic E-state index is 0.450. The molecular weight excluding hydrogens is 277 g/mol. The Morgan fingerprint density at radius 3 is 2.29 bits per heavy atom. The minimum atomic E-state index is 0.450. The first-order chi connectivity index (χ1) is 8.00. The van der Waals surface area contributed by atoms with Crippen molar-refractivity contribution in [2.45, 2.75) is 13.8 Å². The molecule has 0 aliphatic heterocycles. The predicted molar refractivity (Wildman–Crippen MR) is 74.2 cm³/mol. The molecule has 17 heavy (non-hydrogen) atoms. The molecule has 0 saturated heterocycles. The zero-order valence-electron chi connectivity index (χ0n) is 9.39. The lowest BCUT2D eigenvalue weighted by molar-refractivity contribution is 1.22. The van der Waals surface area contributed by atoms with Crippen molar-refractivity contribution in [2.75, 3.05) is 0 Å². The van der Waals surface area contributed by atoms with Crippen molar-refractivity contribution < 1.29 is 0 Å². The van der Waals surface area contributed by atoms with Crippen molar-refractivity contribution in [2.24, 2.45) is 0 Å². The van der Waals surface area contributed by atoms with E-state index in [0.29, 0.717) is 15.1 Å². The molecule has 0 bridgehead atoms. The Balaban J connectivity index is 2.69. The molecule has 0 atom stereocenters. The summed E-state index contributed by atoms with van der Waals surface area (Å²) in [6.07, 6.45) is 1.76. The second-order valence-corrected chi connectivity index (χ2v) is 5.07. The van der Waals surface area contributed by atoms with Gasteiger partial charge in [-0.05, 0) is 43.2 Å². The van der Waals surface area contributed by atoms with Crippen LogP contribution < -0.4 is 0 Å². The molecule has 0 amide bonds. The normalized spacial score (nSPS) is 10.6. The van der Waals surface area contributed by atoms with Gasteiger partial charge >= 0.3 is 0 Å². The van der Waals surface area contributed by atoms with Gasteiger partial charge in [0.25, 0.3) is 0 Å². The van der Waals surface area contributed by atoms with Crippen molar-refractivity contribution in [1.29, 1.82) is 0 Å². The van der Waals surface area contributed by atoms with E-state index in [0.717, 1.165) is 22.4 Å². The van der Waals surface area contributed by atoms with E-state index in [1.165, 1.54) is 0 Å². The van der Waals surface area contributed by atoms with Gasteiger partial charge in [0.1, 0.15) is 0 Å². The summed E-state index contributed by atoms with van der Waals surface area (Å²) in [5.74, 6) is 0. The summed E-state index contributed by atoms with van der Waals surface area (Å²) in [5, 5.41) is 1.49. The SMILES string of the molecule is Cc1ccnc(-c2cc(Cl)c(Cl)cc2Cl)c1C. The van der Waals surface area contributed by atoms with Crippen LogP contribution >= 0.6 is 34.8 Å². The first-order valence-electron chi connectivity index (χ1n) is 5.08. The first-order valence-corrected chi connectivity index (χ1v) is 6.21. The molecule has 0 spiro atoms. The molecule has 4 heteroatoms. The lowest BCUT2D eigenvalue weighted by Gasteiger charge is -2.10. The molecule has 1 heterocycles. The average Bonchev–Trinajstić information content (AvgIpc) is 2.28. The molecule has 1 nitrogen and oxygen atoms in total. The Bertz CT molecular complexity index is 579. The second kappa shape index (κ2) is 4.85. The predicted octanol–water partition coefficient (Wildman–Crippen LogP) is 5.33. The molecule has 0 saturated carbocycles. The van der Waals surface area contributed by atoms with Crippen LogP contribution in [0.4, 0.5) is 0 Å². The van der Waals surface area contributed by atoms with Crippen LogP contribution in [-0.2, 0) is 0 Å². The topological polar surface area (TPSA) is 12.9 Å². The quantitative estimate of drug-likeness (QED) is 0.646. The van der Waals surface area contributed by atoms with Crippen molar-refractivity contribution in [1.82, 2.24) is 4.98 Å². The molecule has 1 aromatic carbocycles. The largest absolute Gasteiger partial charge is 0.256 e. The van der Waals surface area contributed by atoms with Gasteiger partial charge in [-0.15, -0.1) is 0 Å². The number of rotatable bonds is 1. The molecule has 1 aromatic heterocycles. The third kappa shape index (κ3) is 2.42. The standard InChI is InChI=1S/C13H10Cl3N/c1-7-3-4-17-13(8(7)2)9-5-11(15)12(16)6-10(9)14/h3-6H,1-2H3. The fourth-order valence-electron chi connectivity index (χ4n) is 1.61. The molecular formula is C13H10Cl3N. The highest BCUT2D eigenvalue weighted by molar-refractivity contribution is 6.44. The smallest absolute Gasteiger partial charge is 0.0749 e. The monoisotopic (exact) mass is 285 g/mol. The number of hydrogen-bond donors (Lipinski definition) is 0. The van der Waals surface area contributed by atoms with Gasteiger partial charge in [-0.25, -0.2) is 0 Å². The summed E-state index contributed by atoms with van der Waals surface area (Å²) < 4.78 is 0. The zero-order valence-corrected chi connectivity index (χ0v) is 11.7. The third-order valence-corrected chi connectivity index (χ3v) is 3.77. The lowest BCUT2D eigenvalue weighted by Crippen LogP contribution is -1.92. The van der Waals surface area contributed by atoms with Gasteiger partial charge in [-0.2, -0.15) is 0 Å². The highest BCUT2D eigenvalue weighted by atomic mass is 35.5. The average molecular weight is 287 g/mol. The van der Waals surface area contributed by atoms with Gasteiger partial charge in [0, 0.05) is 11.8 Å². The van der Waals surface area contributed by atoms with Gasteiger partial charge < -0.3 is 0 Å². The van der Waals surface area contributed by atoms with Crippen LogP contribution in [0.2, 0.25) is 15.1 Å². The Morgan fingerprint density at radius 2 is 1.59 bits per heavy atom. The molecule has 2 rings (SSSR count). The summed E-state index contributed by atoms with van der Waals surface area (Å²) >= 11 is 18.1. The summed E-state index contributed by atoms with van der Waals surface area (Å²) in [4.78, 5) is 4.35. The molecule has 0 radical (unpaired) electrons. The Labute approximate surface area is 115 Å². The summed E-state index contributed by atoms with van der Waals surface area (Å²) in [6, 6.07) is 5.36. The fraction of sp³-hybridized carbons (Fsp3) is 0.154. The van der Waals surface area contributed by atoms with E-state index in [9.17, 15) is 0 Å². The lowest BCUT2D eigenvalue weighted by atomic mass is 10.0. The van der Waals surface area contributed by atoms with Crippen molar-refractivity contribution in [3.63, 3.8) is 0 Å².